The van der Waals surface area contributed by atoms with Crippen LogP contribution in [0.5, 0.6) is 0 Å². The molecule has 2 aliphatic heterocycles. The molecule has 10 heteroatoms. The fourth-order valence-electron chi connectivity index (χ4n) is 4.85. The van der Waals surface area contributed by atoms with Gasteiger partial charge in [-0.3, -0.25) is 4.68 Å². The number of quaternary nitrogens is 1. The monoisotopic (exact) mass is 576 g/mol. The second kappa shape index (κ2) is 12.7. The third-order valence-electron chi connectivity index (χ3n) is 7.60. The Kier molecular flexibility index (Phi) is 9.10. The molecule has 2 aromatic heterocycles. The number of nitrogens with zero attached hydrogens (tertiary/aromatic N) is 6. The fraction of sp³-hybridized carbons (Fsp3) is 0.400. The summed E-state index contributed by atoms with van der Waals surface area (Å²) in [5.74, 6) is 1.32. The highest BCUT2D eigenvalue weighted by Crippen LogP contribution is 2.38. The number of hydrogen-bond acceptors (Lipinski definition) is 8. The molecule has 8 nitrogen and oxygen atoms in total. The van der Waals surface area contributed by atoms with Crippen LogP contribution in [-0.2, 0) is 17.9 Å². The average Bonchev–Trinajstić information content (AvgIpc) is 3.67. The van der Waals surface area contributed by atoms with Gasteiger partial charge < -0.3 is 10.2 Å². The molecule has 40 heavy (non-hydrogen) atoms. The predicted molar refractivity (Wildman–Crippen MR) is 166 cm³/mol. The highest BCUT2D eigenvalue weighted by molar-refractivity contribution is 8.78. The Balaban J connectivity index is 0.000000176. The van der Waals surface area contributed by atoms with Gasteiger partial charge in [-0.15, -0.1) is 0 Å². The Morgan fingerprint density at radius 3 is 2.73 bits per heavy atom. The van der Waals surface area contributed by atoms with Crippen molar-refractivity contribution in [2.45, 2.75) is 39.3 Å². The molecule has 1 N–H and O–H groups in total. The van der Waals surface area contributed by atoms with Crippen molar-refractivity contribution in [2.24, 2.45) is 5.92 Å². The molecule has 0 spiro atoms. The summed E-state index contributed by atoms with van der Waals surface area (Å²) in [6.07, 6.45) is 14.4. The van der Waals surface area contributed by atoms with Crippen LogP contribution < -0.4 is 5.32 Å². The molecule has 210 valence electrons. The smallest absolute Gasteiger partial charge is 0.306 e. The zero-order valence-corrected chi connectivity index (χ0v) is 25.3. The lowest BCUT2D eigenvalue weighted by Crippen LogP contribution is -2.42. The average molecular weight is 577 g/mol. The maximum absolute atomic E-state index is 11.4. The second-order valence-electron chi connectivity index (χ2n) is 10.9. The number of carbonyl (C=O) groups is 1. The van der Waals surface area contributed by atoms with Crippen molar-refractivity contribution in [2.75, 3.05) is 38.8 Å². The van der Waals surface area contributed by atoms with Crippen LogP contribution in [-0.4, -0.2) is 69.0 Å². The quantitative estimate of drug-likeness (QED) is 0.197. The van der Waals surface area contributed by atoms with Gasteiger partial charge in [-0.25, -0.2) is 19.2 Å². The van der Waals surface area contributed by atoms with E-state index in [0.29, 0.717) is 12.5 Å². The number of benzene rings is 1. The van der Waals surface area contributed by atoms with Gasteiger partial charge >= 0.3 is 6.41 Å². The minimum absolute atomic E-state index is 0.225. The molecule has 1 fully saturated rings. The first-order valence-electron chi connectivity index (χ1n) is 13.7. The van der Waals surface area contributed by atoms with Crippen molar-refractivity contribution in [1.29, 1.82) is 0 Å². The number of fused-ring (bicyclic) bond motifs is 1. The number of nitrogens with one attached hydrogen (secondary N) is 1. The Bertz CT molecular complexity index is 1400. The normalized spacial score (nSPS) is 20.8. The van der Waals surface area contributed by atoms with Gasteiger partial charge in [0.15, 0.2) is 0 Å². The fourth-order valence-corrected chi connectivity index (χ4v) is 6.66. The van der Waals surface area contributed by atoms with E-state index in [-0.39, 0.29) is 4.48 Å². The standard InChI is InChI=1S/C17H21N6O.C13H17NS2/c1-12-5-14-6-18-17(21-16(14)10-23(12,2)11-24)20-15-7-19-22(9-15)8-13-3-4-13;1-14-9-8-13(16-15-2)12(10-14)11-6-4-3-5-7-11/h5-7,9,11,13H,3-4,8,10H2,1-2H3,(H,18,20,21);3-7H,8-10H2,1-2H3/q+1;. The molecule has 0 saturated heterocycles. The van der Waals surface area contributed by atoms with Gasteiger partial charge in [0.2, 0.25) is 5.95 Å². The molecule has 1 aliphatic carbocycles. The van der Waals surface area contributed by atoms with Crippen LogP contribution in [0.25, 0.3) is 11.6 Å². The minimum Gasteiger partial charge on any atom is -0.321 e. The molecule has 6 rings (SSSR count). The van der Waals surface area contributed by atoms with Crippen LogP contribution in [0.15, 0.2) is 59.5 Å². The number of likely N-dealkylation sites (N-methyl/N-ethyl adjacent to an activating group) is 1. The van der Waals surface area contributed by atoms with Crippen LogP contribution >= 0.6 is 21.6 Å². The summed E-state index contributed by atoms with van der Waals surface area (Å²) < 4.78 is 2.19. The number of hydrogen-bond donors (Lipinski definition) is 1. The molecule has 3 aromatic rings. The summed E-state index contributed by atoms with van der Waals surface area (Å²) in [5, 5.41) is 7.57. The van der Waals surface area contributed by atoms with E-state index in [0.717, 1.165) is 48.1 Å². The zero-order valence-electron chi connectivity index (χ0n) is 23.7. The summed E-state index contributed by atoms with van der Waals surface area (Å²) >= 11 is 0. The van der Waals surface area contributed by atoms with Gasteiger partial charge in [-0.1, -0.05) is 51.9 Å². The van der Waals surface area contributed by atoms with Crippen LogP contribution in [0.4, 0.5) is 11.6 Å². The van der Waals surface area contributed by atoms with Gasteiger partial charge in [0.05, 0.1) is 18.9 Å². The summed E-state index contributed by atoms with van der Waals surface area (Å²) in [6.45, 7) is 5.73. The van der Waals surface area contributed by atoms with Gasteiger partial charge in [-0.05, 0) is 49.6 Å². The molecule has 3 aliphatic rings. The molecular weight excluding hydrogens is 539 g/mol. The van der Waals surface area contributed by atoms with E-state index in [1.54, 1.807) is 17.3 Å². The van der Waals surface area contributed by atoms with E-state index >= 15 is 0 Å². The maximum atomic E-state index is 11.4. The summed E-state index contributed by atoms with van der Waals surface area (Å²) in [6, 6.07) is 10.8. The van der Waals surface area contributed by atoms with E-state index in [9.17, 15) is 4.79 Å². The molecule has 0 bridgehead atoms. The van der Waals surface area contributed by atoms with E-state index < -0.39 is 0 Å². The lowest BCUT2D eigenvalue weighted by molar-refractivity contribution is -0.800. The zero-order chi connectivity index (χ0) is 28.1. The van der Waals surface area contributed by atoms with E-state index in [2.05, 4.69) is 68.9 Å². The molecule has 4 heterocycles. The molecule has 1 unspecified atom stereocenters. The number of carbonyl (C=O) groups excluding carboxylic acids is 1. The van der Waals surface area contributed by atoms with Crippen molar-refractivity contribution >= 4 is 51.3 Å². The lowest BCUT2D eigenvalue weighted by atomic mass is 10.0. The third-order valence-corrected chi connectivity index (χ3v) is 9.53. The molecule has 0 radical (unpaired) electrons. The SMILES string of the molecule is CC1=Cc2cnc(Nc3cnn(CC4CC4)c3)nc2C[N+]1(C)C=O.CSSC1=C(c2ccccc2)CN(C)CC1. The van der Waals surface area contributed by atoms with Crippen LogP contribution in [0.1, 0.15) is 43.0 Å². The van der Waals surface area contributed by atoms with Crippen LogP contribution in [0.2, 0.25) is 0 Å². The van der Waals surface area contributed by atoms with E-state index in [1.807, 2.05) is 52.5 Å². The molecule has 1 aromatic carbocycles. The van der Waals surface area contributed by atoms with Crippen molar-refractivity contribution < 1.29 is 9.28 Å². The predicted octanol–water partition coefficient (Wildman–Crippen LogP) is 6.05. The number of rotatable bonds is 8. The van der Waals surface area contributed by atoms with E-state index in [1.165, 1.54) is 36.9 Å². The Labute approximate surface area is 244 Å². The van der Waals surface area contributed by atoms with E-state index in [4.69, 9.17) is 0 Å². The summed E-state index contributed by atoms with van der Waals surface area (Å²) in [4.78, 5) is 24.4. The number of aromatic nitrogens is 4. The molecule has 1 amide bonds. The summed E-state index contributed by atoms with van der Waals surface area (Å²) in [5.41, 5.74) is 6.60. The van der Waals surface area contributed by atoms with Gasteiger partial charge in [0.1, 0.15) is 17.9 Å². The lowest BCUT2D eigenvalue weighted by Gasteiger charge is -2.30. The molecule has 1 atom stereocenters. The Hall–Kier alpha value is -2.92. The van der Waals surface area contributed by atoms with Crippen LogP contribution in [0.3, 0.4) is 0 Å². The van der Waals surface area contributed by atoms with Gasteiger partial charge in [-0.2, -0.15) is 5.10 Å². The van der Waals surface area contributed by atoms with Gasteiger partial charge in [0, 0.05) is 55.5 Å². The highest BCUT2D eigenvalue weighted by atomic mass is 33.1. The number of anilines is 2. The number of amides is 1. The maximum Gasteiger partial charge on any atom is 0.306 e. The first-order valence-corrected chi connectivity index (χ1v) is 16.2. The largest absolute Gasteiger partial charge is 0.321 e. The summed E-state index contributed by atoms with van der Waals surface area (Å²) in [7, 11) is 7.86. The highest BCUT2D eigenvalue weighted by Gasteiger charge is 2.31. The number of allylic oxidation sites excluding steroid dienone is 1. The minimum atomic E-state index is 0.225. The molecule has 1 saturated carbocycles. The van der Waals surface area contributed by atoms with Crippen molar-refractivity contribution in [3.63, 3.8) is 0 Å². The van der Waals surface area contributed by atoms with Gasteiger partial charge in [0.25, 0.3) is 0 Å². The first-order chi connectivity index (χ1) is 19.4. The topological polar surface area (TPSA) is 75.9 Å². The Morgan fingerprint density at radius 1 is 1.20 bits per heavy atom. The van der Waals surface area contributed by atoms with Crippen molar-refractivity contribution in [3.05, 3.63) is 76.3 Å². The van der Waals surface area contributed by atoms with Crippen molar-refractivity contribution in [3.8, 4) is 0 Å². The first kappa shape index (κ1) is 28.6. The Morgan fingerprint density at radius 2 is 2.00 bits per heavy atom. The molecular formula is C30H38N7OS2+. The van der Waals surface area contributed by atoms with Crippen LogP contribution in [0, 0.1) is 5.92 Å². The third kappa shape index (κ3) is 7.04. The second-order valence-corrected chi connectivity index (χ2v) is 13.4. The van der Waals surface area contributed by atoms with Crippen molar-refractivity contribution in [1.82, 2.24) is 24.6 Å².